The molecule has 116 valence electrons. The van der Waals surface area contributed by atoms with Crippen LogP contribution in [0.4, 0.5) is 16.2 Å². The van der Waals surface area contributed by atoms with Crippen molar-refractivity contribution in [3.8, 4) is 0 Å². The number of urea groups is 1. The predicted molar refractivity (Wildman–Crippen MR) is 80.4 cm³/mol. The van der Waals surface area contributed by atoms with E-state index >= 15 is 0 Å². The van der Waals surface area contributed by atoms with Crippen molar-refractivity contribution >= 4 is 17.4 Å². The predicted octanol–water partition coefficient (Wildman–Crippen LogP) is 2.58. The number of hydrogen-bond donors (Lipinski definition) is 3. The van der Waals surface area contributed by atoms with Gasteiger partial charge >= 0.3 is 6.03 Å². The highest BCUT2D eigenvalue weighted by atomic mass is 16.6. The van der Waals surface area contributed by atoms with Gasteiger partial charge in [-0.2, -0.15) is 0 Å². The lowest BCUT2D eigenvalue weighted by molar-refractivity contribution is -0.384. The van der Waals surface area contributed by atoms with Crippen molar-refractivity contribution in [2.75, 3.05) is 11.9 Å². The van der Waals surface area contributed by atoms with Crippen molar-refractivity contribution in [3.63, 3.8) is 0 Å². The van der Waals surface area contributed by atoms with E-state index in [1.54, 1.807) is 6.92 Å². The molecule has 0 fully saturated rings. The normalized spacial score (nSPS) is 13.3. The Morgan fingerprint density at radius 1 is 1.48 bits per heavy atom. The third-order valence-corrected chi connectivity index (χ3v) is 3.53. The molecule has 7 heteroatoms. The van der Waals surface area contributed by atoms with E-state index in [4.69, 9.17) is 5.11 Å². The van der Waals surface area contributed by atoms with Crippen LogP contribution in [-0.2, 0) is 0 Å². The maximum Gasteiger partial charge on any atom is 0.319 e. The van der Waals surface area contributed by atoms with Gasteiger partial charge in [0.1, 0.15) is 0 Å². The number of nitrogens with zero attached hydrogens (tertiary/aromatic N) is 1. The number of amides is 2. The summed E-state index contributed by atoms with van der Waals surface area (Å²) in [6.45, 7) is 5.45. The molecule has 0 unspecified atom stereocenters. The van der Waals surface area contributed by atoms with Gasteiger partial charge in [-0.1, -0.05) is 6.92 Å². The van der Waals surface area contributed by atoms with Gasteiger partial charge in [-0.15, -0.1) is 0 Å². The molecule has 3 N–H and O–H groups in total. The molecular formula is C14H21N3O4. The minimum absolute atomic E-state index is 0.0127. The highest BCUT2D eigenvalue weighted by Gasteiger charge is 2.23. The van der Waals surface area contributed by atoms with Gasteiger partial charge in [-0.3, -0.25) is 10.1 Å². The highest BCUT2D eigenvalue weighted by molar-refractivity contribution is 5.90. The first-order chi connectivity index (χ1) is 9.81. The van der Waals surface area contributed by atoms with Crippen LogP contribution in [0, 0.1) is 17.0 Å². The van der Waals surface area contributed by atoms with Gasteiger partial charge in [-0.25, -0.2) is 4.79 Å². The highest BCUT2D eigenvalue weighted by Crippen LogP contribution is 2.21. The standard InChI is InChI=1S/C14H21N3O4/c1-4-14(3,7-8-18)16-13(19)15-12-6-5-11(17(20)21)9-10(12)2/h5-6,9,18H,4,7-8H2,1-3H3,(H2,15,16,19)/t14-/m1/s1. The molecule has 0 aliphatic carbocycles. The van der Waals surface area contributed by atoms with Crippen molar-refractivity contribution in [2.24, 2.45) is 0 Å². The Bertz CT molecular complexity index is 533. The molecule has 0 spiro atoms. The molecule has 0 radical (unpaired) electrons. The molecule has 0 heterocycles. The molecule has 0 aliphatic rings. The first-order valence-electron chi connectivity index (χ1n) is 6.76. The Labute approximate surface area is 123 Å². The van der Waals surface area contributed by atoms with Crippen LogP contribution >= 0.6 is 0 Å². The maximum atomic E-state index is 12.0. The topological polar surface area (TPSA) is 104 Å². The van der Waals surface area contributed by atoms with Crippen LogP contribution in [0.1, 0.15) is 32.3 Å². The van der Waals surface area contributed by atoms with Gasteiger partial charge in [-0.05, 0) is 38.3 Å². The van der Waals surface area contributed by atoms with Crippen LogP contribution in [0.2, 0.25) is 0 Å². The van der Waals surface area contributed by atoms with Gasteiger partial charge in [0.15, 0.2) is 0 Å². The second-order valence-corrected chi connectivity index (χ2v) is 5.22. The second kappa shape index (κ2) is 7.03. The van der Waals surface area contributed by atoms with Crippen molar-refractivity contribution in [2.45, 2.75) is 39.2 Å². The van der Waals surface area contributed by atoms with E-state index in [0.717, 1.165) is 0 Å². The number of aryl methyl sites for hydroxylation is 1. The lowest BCUT2D eigenvalue weighted by atomic mass is 9.95. The summed E-state index contributed by atoms with van der Waals surface area (Å²) >= 11 is 0. The van der Waals surface area contributed by atoms with Crippen LogP contribution in [0.15, 0.2) is 18.2 Å². The first-order valence-corrected chi connectivity index (χ1v) is 6.76. The Kier molecular flexibility index (Phi) is 5.66. The van der Waals surface area contributed by atoms with Crippen LogP contribution < -0.4 is 10.6 Å². The summed E-state index contributed by atoms with van der Waals surface area (Å²) in [6.07, 6.45) is 1.14. The number of carbonyl (C=O) groups excluding carboxylic acids is 1. The summed E-state index contributed by atoms with van der Waals surface area (Å²) in [5.74, 6) is 0. The average Bonchev–Trinajstić information content (AvgIpc) is 2.41. The van der Waals surface area contributed by atoms with Crippen molar-refractivity contribution in [1.29, 1.82) is 0 Å². The zero-order valence-electron chi connectivity index (χ0n) is 12.5. The molecular weight excluding hydrogens is 274 g/mol. The van der Waals surface area contributed by atoms with Crippen LogP contribution in [0.25, 0.3) is 0 Å². The molecule has 0 saturated heterocycles. The summed E-state index contributed by atoms with van der Waals surface area (Å²) in [7, 11) is 0. The van der Waals surface area contributed by atoms with E-state index in [0.29, 0.717) is 24.1 Å². The molecule has 0 aliphatic heterocycles. The molecule has 1 rings (SSSR count). The molecule has 7 nitrogen and oxygen atoms in total. The number of carbonyl (C=O) groups is 1. The van der Waals surface area contributed by atoms with Gasteiger partial charge in [0, 0.05) is 30.0 Å². The third-order valence-electron chi connectivity index (χ3n) is 3.53. The molecule has 0 bridgehead atoms. The number of hydrogen-bond acceptors (Lipinski definition) is 4. The SMILES string of the molecule is CC[C@](C)(CCO)NC(=O)Nc1ccc([N+](=O)[O-])cc1C. The quantitative estimate of drug-likeness (QED) is 0.554. The molecule has 1 aromatic carbocycles. The lowest BCUT2D eigenvalue weighted by Gasteiger charge is -2.29. The second-order valence-electron chi connectivity index (χ2n) is 5.22. The van der Waals surface area contributed by atoms with Crippen molar-refractivity contribution in [1.82, 2.24) is 5.32 Å². The number of aliphatic hydroxyl groups is 1. The fourth-order valence-corrected chi connectivity index (χ4v) is 1.90. The number of nitro benzene ring substituents is 1. The van der Waals surface area contributed by atoms with Crippen molar-refractivity contribution in [3.05, 3.63) is 33.9 Å². The fraction of sp³-hybridized carbons (Fsp3) is 0.500. The number of nitrogens with one attached hydrogen (secondary N) is 2. The Hall–Kier alpha value is -2.15. The summed E-state index contributed by atoms with van der Waals surface area (Å²) < 4.78 is 0. The molecule has 1 aromatic rings. The van der Waals surface area contributed by atoms with Crippen molar-refractivity contribution < 1.29 is 14.8 Å². The van der Waals surface area contributed by atoms with Crippen LogP contribution in [0.3, 0.4) is 0 Å². The summed E-state index contributed by atoms with van der Waals surface area (Å²) in [4.78, 5) is 22.2. The first kappa shape index (κ1) is 16.9. The Morgan fingerprint density at radius 3 is 2.62 bits per heavy atom. The molecule has 2 amide bonds. The number of non-ortho nitro benzene ring substituents is 1. The average molecular weight is 295 g/mol. The van der Waals surface area contributed by atoms with Crippen LogP contribution in [-0.4, -0.2) is 28.2 Å². The zero-order valence-corrected chi connectivity index (χ0v) is 12.5. The lowest BCUT2D eigenvalue weighted by Crippen LogP contribution is -2.48. The Balaban J connectivity index is 2.77. The maximum absolute atomic E-state index is 12.0. The molecule has 21 heavy (non-hydrogen) atoms. The summed E-state index contributed by atoms with van der Waals surface area (Å²) in [5.41, 5.74) is 0.616. The summed E-state index contributed by atoms with van der Waals surface area (Å²) in [6, 6.07) is 3.85. The fourth-order valence-electron chi connectivity index (χ4n) is 1.90. The van der Waals surface area contributed by atoms with Gasteiger partial charge in [0.05, 0.1) is 4.92 Å². The van der Waals surface area contributed by atoms with E-state index in [1.807, 2.05) is 13.8 Å². The molecule has 1 atom stereocenters. The monoisotopic (exact) mass is 295 g/mol. The van der Waals surface area contributed by atoms with E-state index in [1.165, 1.54) is 18.2 Å². The minimum Gasteiger partial charge on any atom is -0.396 e. The number of nitro groups is 1. The van der Waals surface area contributed by atoms with Crippen LogP contribution in [0.5, 0.6) is 0 Å². The third kappa shape index (κ3) is 4.71. The van der Waals surface area contributed by atoms with E-state index in [-0.39, 0.29) is 12.3 Å². The minimum atomic E-state index is -0.493. The summed E-state index contributed by atoms with van der Waals surface area (Å²) in [5, 5.41) is 25.2. The van der Waals surface area contributed by atoms with E-state index in [9.17, 15) is 14.9 Å². The largest absolute Gasteiger partial charge is 0.396 e. The number of anilines is 1. The molecule has 0 saturated carbocycles. The van der Waals surface area contributed by atoms with E-state index < -0.39 is 16.5 Å². The molecule has 0 aromatic heterocycles. The number of rotatable bonds is 6. The number of aliphatic hydroxyl groups excluding tert-OH is 1. The van der Waals surface area contributed by atoms with Gasteiger partial charge < -0.3 is 15.7 Å². The zero-order chi connectivity index (χ0) is 16.0. The van der Waals surface area contributed by atoms with Gasteiger partial charge in [0.25, 0.3) is 5.69 Å². The Morgan fingerprint density at radius 2 is 2.14 bits per heavy atom. The number of benzene rings is 1. The van der Waals surface area contributed by atoms with Gasteiger partial charge in [0.2, 0.25) is 0 Å². The van der Waals surface area contributed by atoms with E-state index in [2.05, 4.69) is 10.6 Å². The smallest absolute Gasteiger partial charge is 0.319 e.